The minimum atomic E-state index is -0.170. The second kappa shape index (κ2) is 8.48. The minimum Gasteiger partial charge on any atom is -0.342 e. The fraction of sp³-hybridized carbons (Fsp3) is 0.600. The molecule has 1 aromatic rings. The van der Waals surface area contributed by atoms with Crippen LogP contribution < -0.4 is 16.0 Å². The standard InChI is InChI=1S/C20H28N4O2.ClH/c25-18(17-14-20(17)8-10-21-11-9-20)24-12-6-16(7-13-24)23-19(26)22-15-4-2-1-3-5-15;/h1-5,16-17,21H,6-14H2,(H2,22,23,26);1H. The van der Waals surface area contributed by atoms with E-state index in [0.29, 0.717) is 11.3 Å². The fourth-order valence-electron chi connectivity index (χ4n) is 4.51. The lowest BCUT2D eigenvalue weighted by Crippen LogP contribution is -2.48. The summed E-state index contributed by atoms with van der Waals surface area (Å²) >= 11 is 0. The predicted molar refractivity (Wildman–Crippen MR) is 108 cm³/mol. The molecule has 3 amide bonds. The highest BCUT2D eigenvalue weighted by Gasteiger charge is 2.58. The van der Waals surface area contributed by atoms with Gasteiger partial charge in [0.15, 0.2) is 0 Å². The molecule has 1 aromatic carbocycles. The van der Waals surface area contributed by atoms with Crippen molar-refractivity contribution >= 4 is 30.0 Å². The largest absolute Gasteiger partial charge is 0.342 e. The molecule has 1 saturated carbocycles. The topological polar surface area (TPSA) is 73.5 Å². The number of para-hydroxylation sites is 1. The third kappa shape index (κ3) is 4.55. The van der Waals surface area contributed by atoms with Gasteiger partial charge in [-0.05, 0) is 62.7 Å². The van der Waals surface area contributed by atoms with Gasteiger partial charge in [-0.25, -0.2) is 4.79 Å². The molecule has 7 heteroatoms. The SMILES string of the molecule is Cl.O=C(Nc1ccccc1)NC1CCN(C(=O)C2CC23CCNCC3)CC1. The van der Waals surface area contributed by atoms with Crippen LogP contribution in [0.3, 0.4) is 0 Å². The zero-order valence-corrected chi connectivity index (χ0v) is 16.4. The summed E-state index contributed by atoms with van der Waals surface area (Å²) in [4.78, 5) is 26.9. The lowest BCUT2D eigenvalue weighted by Gasteiger charge is -2.33. The molecule has 0 bridgehead atoms. The number of piperidine rings is 2. The maximum absolute atomic E-state index is 12.8. The molecule has 1 spiro atoms. The van der Waals surface area contributed by atoms with Crippen LogP contribution in [0.1, 0.15) is 32.1 Å². The number of urea groups is 1. The predicted octanol–water partition coefficient (Wildman–Crippen LogP) is 2.61. The van der Waals surface area contributed by atoms with Gasteiger partial charge in [-0.1, -0.05) is 18.2 Å². The van der Waals surface area contributed by atoms with Gasteiger partial charge >= 0.3 is 6.03 Å². The number of halogens is 1. The van der Waals surface area contributed by atoms with Crippen LogP contribution in [0.15, 0.2) is 30.3 Å². The molecule has 0 aromatic heterocycles. The summed E-state index contributed by atoms with van der Waals surface area (Å²) in [5.74, 6) is 0.592. The first kappa shape index (κ1) is 20.0. The number of anilines is 1. The molecule has 6 nitrogen and oxygen atoms in total. The van der Waals surface area contributed by atoms with Gasteiger partial charge in [0.1, 0.15) is 0 Å². The number of carbonyl (C=O) groups is 2. The van der Waals surface area contributed by atoms with E-state index in [4.69, 9.17) is 0 Å². The first-order chi connectivity index (χ1) is 12.7. The molecule has 148 valence electrons. The van der Waals surface area contributed by atoms with Crippen LogP contribution >= 0.6 is 12.4 Å². The van der Waals surface area contributed by atoms with Crippen molar-refractivity contribution in [1.82, 2.24) is 15.5 Å². The maximum Gasteiger partial charge on any atom is 0.319 e. The normalized spacial score (nSPS) is 24.0. The second-order valence-electron chi connectivity index (χ2n) is 7.93. The first-order valence-corrected chi connectivity index (χ1v) is 9.78. The van der Waals surface area contributed by atoms with Crippen molar-refractivity contribution in [2.75, 3.05) is 31.5 Å². The number of nitrogens with zero attached hydrogens (tertiary/aromatic N) is 1. The summed E-state index contributed by atoms with van der Waals surface area (Å²) in [5.41, 5.74) is 1.09. The number of hydrogen-bond donors (Lipinski definition) is 3. The molecule has 0 radical (unpaired) electrons. The Morgan fingerprint density at radius 2 is 1.74 bits per heavy atom. The monoisotopic (exact) mass is 392 g/mol. The summed E-state index contributed by atoms with van der Waals surface area (Å²) in [6.07, 6.45) is 5.01. The van der Waals surface area contributed by atoms with Crippen molar-refractivity contribution in [2.45, 2.75) is 38.1 Å². The van der Waals surface area contributed by atoms with Crippen LogP contribution in [0.4, 0.5) is 10.5 Å². The fourth-order valence-corrected chi connectivity index (χ4v) is 4.51. The van der Waals surface area contributed by atoms with Crippen LogP contribution in [0.5, 0.6) is 0 Å². The second-order valence-corrected chi connectivity index (χ2v) is 7.93. The number of likely N-dealkylation sites (tertiary alicyclic amines) is 1. The highest BCUT2D eigenvalue weighted by atomic mass is 35.5. The highest BCUT2D eigenvalue weighted by Crippen LogP contribution is 2.59. The number of carbonyl (C=O) groups excluding carboxylic acids is 2. The zero-order valence-electron chi connectivity index (χ0n) is 15.6. The molecule has 2 aliphatic heterocycles. The van der Waals surface area contributed by atoms with Crippen molar-refractivity contribution in [3.8, 4) is 0 Å². The van der Waals surface area contributed by atoms with E-state index in [1.54, 1.807) is 0 Å². The Kier molecular flexibility index (Phi) is 6.27. The molecule has 2 saturated heterocycles. The highest BCUT2D eigenvalue weighted by molar-refractivity contribution is 5.89. The van der Waals surface area contributed by atoms with Crippen LogP contribution in [-0.4, -0.2) is 49.1 Å². The smallest absolute Gasteiger partial charge is 0.319 e. The summed E-state index contributed by atoms with van der Waals surface area (Å²) in [6.45, 7) is 3.60. The Hall–Kier alpha value is -1.79. The third-order valence-corrected chi connectivity index (χ3v) is 6.26. The lowest BCUT2D eigenvalue weighted by molar-refractivity contribution is -0.134. The van der Waals surface area contributed by atoms with Gasteiger partial charge in [0.05, 0.1) is 0 Å². The number of rotatable bonds is 3. The molecule has 4 rings (SSSR count). The molecule has 27 heavy (non-hydrogen) atoms. The van der Waals surface area contributed by atoms with E-state index in [0.717, 1.165) is 64.0 Å². The van der Waals surface area contributed by atoms with E-state index in [1.807, 2.05) is 35.2 Å². The molecule has 1 unspecified atom stereocenters. The molecule has 1 aliphatic carbocycles. The molecule has 3 aliphatic rings. The summed E-state index contributed by atoms with van der Waals surface area (Å²) in [6, 6.07) is 9.41. The zero-order chi connectivity index (χ0) is 18.0. The van der Waals surface area contributed by atoms with Gasteiger partial charge in [0, 0.05) is 30.7 Å². The van der Waals surface area contributed by atoms with Gasteiger partial charge in [0.2, 0.25) is 5.91 Å². The molecule has 2 heterocycles. The van der Waals surface area contributed by atoms with Crippen molar-refractivity contribution in [3.05, 3.63) is 30.3 Å². The Balaban J connectivity index is 0.00000210. The van der Waals surface area contributed by atoms with Gasteiger partial charge in [-0.2, -0.15) is 0 Å². The van der Waals surface area contributed by atoms with E-state index in [9.17, 15) is 9.59 Å². The summed E-state index contributed by atoms with van der Waals surface area (Å²) in [5, 5.41) is 9.28. The molecule has 3 N–H and O–H groups in total. The molecule has 3 fully saturated rings. The van der Waals surface area contributed by atoms with Crippen LogP contribution in [0.2, 0.25) is 0 Å². The Morgan fingerprint density at radius 1 is 1.07 bits per heavy atom. The number of hydrogen-bond acceptors (Lipinski definition) is 3. The summed E-state index contributed by atoms with van der Waals surface area (Å²) in [7, 11) is 0. The number of amides is 3. The quantitative estimate of drug-likeness (QED) is 0.740. The third-order valence-electron chi connectivity index (χ3n) is 6.26. The number of nitrogens with one attached hydrogen (secondary N) is 3. The average Bonchev–Trinajstić information content (AvgIpc) is 3.36. The maximum atomic E-state index is 12.8. The van der Waals surface area contributed by atoms with Crippen LogP contribution in [0.25, 0.3) is 0 Å². The van der Waals surface area contributed by atoms with Gasteiger partial charge in [-0.15, -0.1) is 12.4 Å². The average molecular weight is 393 g/mol. The molecular weight excluding hydrogens is 364 g/mol. The van der Waals surface area contributed by atoms with E-state index < -0.39 is 0 Å². The van der Waals surface area contributed by atoms with Crippen molar-refractivity contribution < 1.29 is 9.59 Å². The summed E-state index contributed by atoms with van der Waals surface area (Å²) < 4.78 is 0. The Bertz CT molecular complexity index is 655. The Labute approximate surface area is 166 Å². The van der Waals surface area contributed by atoms with Crippen LogP contribution in [-0.2, 0) is 4.79 Å². The van der Waals surface area contributed by atoms with Crippen molar-refractivity contribution in [2.24, 2.45) is 11.3 Å². The Morgan fingerprint density at radius 3 is 2.41 bits per heavy atom. The lowest BCUT2D eigenvalue weighted by atomic mass is 9.91. The van der Waals surface area contributed by atoms with Gasteiger partial charge < -0.3 is 20.9 Å². The van der Waals surface area contributed by atoms with Gasteiger partial charge in [-0.3, -0.25) is 4.79 Å². The first-order valence-electron chi connectivity index (χ1n) is 9.78. The minimum absolute atomic E-state index is 0. The van der Waals surface area contributed by atoms with E-state index >= 15 is 0 Å². The van der Waals surface area contributed by atoms with E-state index in [2.05, 4.69) is 16.0 Å². The van der Waals surface area contributed by atoms with E-state index in [1.165, 1.54) is 0 Å². The van der Waals surface area contributed by atoms with Crippen molar-refractivity contribution in [1.29, 1.82) is 0 Å². The van der Waals surface area contributed by atoms with Crippen molar-refractivity contribution in [3.63, 3.8) is 0 Å². The molecule has 1 atom stereocenters. The van der Waals surface area contributed by atoms with Gasteiger partial charge in [0.25, 0.3) is 0 Å². The van der Waals surface area contributed by atoms with E-state index in [-0.39, 0.29) is 30.4 Å². The van der Waals surface area contributed by atoms with Crippen LogP contribution in [0, 0.1) is 11.3 Å². The molecular formula is C20H29ClN4O2. The number of benzene rings is 1.